The predicted octanol–water partition coefficient (Wildman–Crippen LogP) is -0.381. The number of carboxylic acid groups (broad SMARTS) is 1. The number of amides is 2. The topological polar surface area (TPSA) is 110 Å². The second-order valence-electron chi connectivity index (χ2n) is 6.15. The summed E-state index contributed by atoms with van der Waals surface area (Å²) in [6.07, 6.45) is -0.834. The smallest absolute Gasteiger partial charge is 0.405 e. The maximum Gasteiger partial charge on any atom is 0.405 e. The van der Waals surface area contributed by atoms with Crippen molar-refractivity contribution >= 4 is 22.2 Å². The Morgan fingerprint density at radius 3 is 2.09 bits per heavy atom. The van der Waals surface area contributed by atoms with Crippen LogP contribution < -0.4 is 5.32 Å². The molecular weight excluding hydrogens is 324 g/mol. The summed E-state index contributed by atoms with van der Waals surface area (Å²) in [4.78, 5) is 24.9. The van der Waals surface area contributed by atoms with Gasteiger partial charge in [0, 0.05) is 40.3 Å². The van der Waals surface area contributed by atoms with Crippen LogP contribution in [0.1, 0.15) is 20.3 Å². The number of nitrogens with zero attached hydrogens (tertiary/aromatic N) is 3. The minimum absolute atomic E-state index is 0.159. The lowest BCUT2D eigenvalue weighted by Gasteiger charge is -2.36. The molecule has 1 saturated heterocycles. The van der Waals surface area contributed by atoms with Crippen molar-refractivity contribution in [3.8, 4) is 0 Å². The summed E-state index contributed by atoms with van der Waals surface area (Å²) in [5.41, 5.74) is 0. The summed E-state index contributed by atoms with van der Waals surface area (Å²) in [7, 11) is -0.567. The van der Waals surface area contributed by atoms with Gasteiger partial charge in [0.15, 0.2) is 0 Å². The van der Waals surface area contributed by atoms with Crippen LogP contribution in [0, 0.1) is 5.92 Å². The standard InChI is InChI=1S/C13H26N4O5S/c1-10(2)9-11(14-13(19)20)12(18)16-5-7-17(8-6-16)23(21,22)15(3)4/h10-11,14H,5-9H2,1-4H3,(H,19,20). The monoisotopic (exact) mass is 350 g/mol. The van der Waals surface area contributed by atoms with Gasteiger partial charge in [-0.05, 0) is 12.3 Å². The first-order valence-electron chi connectivity index (χ1n) is 7.51. The van der Waals surface area contributed by atoms with Crippen molar-refractivity contribution in [1.29, 1.82) is 0 Å². The molecule has 1 fully saturated rings. The van der Waals surface area contributed by atoms with E-state index in [9.17, 15) is 18.0 Å². The molecule has 1 heterocycles. The van der Waals surface area contributed by atoms with Gasteiger partial charge in [-0.3, -0.25) is 4.79 Å². The van der Waals surface area contributed by atoms with E-state index in [4.69, 9.17) is 5.11 Å². The molecule has 0 aromatic rings. The molecule has 1 unspecified atom stereocenters. The maximum atomic E-state index is 12.5. The zero-order valence-electron chi connectivity index (χ0n) is 14.0. The Kier molecular flexibility index (Phi) is 6.78. The molecule has 1 aliphatic heterocycles. The minimum Gasteiger partial charge on any atom is -0.465 e. The highest BCUT2D eigenvalue weighted by Gasteiger charge is 2.33. The number of rotatable bonds is 6. The number of hydrogen-bond donors (Lipinski definition) is 2. The third kappa shape index (κ3) is 5.33. The number of carbonyl (C=O) groups is 2. The van der Waals surface area contributed by atoms with Crippen molar-refractivity contribution in [3.63, 3.8) is 0 Å². The van der Waals surface area contributed by atoms with Crippen LogP contribution in [0.5, 0.6) is 0 Å². The molecule has 0 bridgehead atoms. The van der Waals surface area contributed by atoms with Gasteiger partial charge in [-0.25, -0.2) is 4.79 Å². The molecule has 1 rings (SSSR count). The lowest BCUT2D eigenvalue weighted by molar-refractivity contribution is -0.135. The molecule has 134 valence electrons. The lowest BCUT2D eigenvalue weighted by Crippen LogP contribution is -2.57. The summed E-state index contributed by atoms with van der Waals surface area (Å²) in [6, 6.07) is -0.801. The summed E-state index contributed by atoms with van der Waals surface area (Å²) < 4.78 is 26.5. The second kappa shape index (κ2) is 7.93. The van der Waals surface area contributed by atoms with Crippen molar-refractivity contribution in [2.75, 3.05) is 40.3 Å². The zero-order chi connectivity index (χ0) is 17.8. The predicted molar refractivity (Wildman–Crippen MR) is 85.2 cm³/mol. The van der Waals surface area contributed by atoms with Gasteiger partial charge in [0.2, 0.25) is 5.91 Å². The molecular formula is C13H26N4O5S. The van der Waals surface area contributed by atoms with Crippen molar-refractivity contribution in [2.45, 2.75) is 26.3 Å². The van der Waals surface area contributed by atoms with E-state index < -0.39 is 22.3 Å². The Hall–Kier alpha value is -1.39. The first-order chi connectivity index (χ1) is 10.6. The molecule has 0 aromatic heterocycles. The van der Waals surface area contributed by atoms with E-state index in [-0.39, 0.29) is 38.0 Å². The van der Waals surface area contributed by atoms with Gasteiger partial charge in [-0.2, -0.15) is 17.0 Å². The first-order valence-corrected chi connectivity index (χ1v) is 8.91. The normalized spacial score (nSPS) is 18.3. The zero-order valence-corrected chi connectivity index (χ0v) is 14.8. The molecule has 0 saturated carbocycles. The van der Waals surface area contributed by atoms with Crippen molar-refractivity contribution < 1.29 is 23.1 Å². The molecule has 0 spiro atoms. The number of nitrogens with one attached hydrogen (secondary N) is 1. The fourth-order valence-corrected chi connectivity index (χ4v) is 3.52. The van der Waals surface area contributed by atoms with Crippen LogP contribution in [-0.4, -0.2) is 85.4 Å². The van der Waals surface area contributed by atoms with Crippen LogP contribution >= 0.6 is 0 Å². The molecule has 0 aliphatic carbocycles. The molecule has 1 atom stereocenters. The molecule has 2 amide bonds. The third-order valence-corrected chi connectivity index (χ3v) is 5.58. The Balaban J connectivity index is 2.70. The number of piperazine rings is 1. The Bertz CT molecular complexity index is 526. The second-order valence-corrected chi connectivity index (χ2v) is 8.29. The highest BCUT2D eigenvalue weighted by molar-refractivity contribution is 7.86. The molecule has 1 aliphatic rings. The van der Waals surface area contributed by atoms with E-state index in [0.717, 1.165) is 4.31 Å². The number of hydrogen-bond acceptors (Lipinski definition) is 4. The van der Waals surface area contributed by atoms with Gasteiger partial charge >= 0.3 is 6.09 Å². The molecule has 0 aromatic carbocycles. The fraction of sp³-hybridized carbons (Fsp3) is 0.846. The van der Waals surface area contributed by atoms with E-state index >= 15 is 0 Å². The average Bonchev–Trinajstić information content (AvgIpc) is 2.44. The van der Waals surface area contributed by atoms with Crippen LogP contribution in [0.15, 0.2) is 0 Å². The minimum atomic E-state index is -3.49. The first kappa shape index (κ1) is 19.7. The van der Waals surface area contributed by atoms with Crippen molar-refractivity contribution in [1.82, 2.24) is 18.8 Å². The summed E-state index contributed by atoms with van der Waals surface area (Å²) in [5.74, 6) is -0.144. The van der Waals surface area contributed by atoms with Crippen LogP contribution in [-0.2, 0) is 15.0 Å². The van der Waals surface area contributed by atoms with Gasteiger partial charge in [0.25, 0.3) is 10.2 Å². The molecule has 0 radical (unpaired) electrons. The fourth-order valence-electron chi connectivity index (χ4n) is 2.43. The van der Waals surface area contributed by atoms with Crippen molar-refractivity contribution in [2.24, 2.45) is 5.92 Å². The van der Waals surface area contributed by atoms with E-state index in [1.54, 1.807) is 0 Å². The molecule has 23 heavy (non-hydrogen) atoms. The van der Waals surface area contributed by atoms with E-state index in [1.165, 1.54) is 23.3 Å². The van der Waals surface area contributed by atoms with Gasteiger partial charge in [-0.1, -0.05) is 13.8 Å². The van der Waals surface area contributed by atoms with Crippen LogP contribution in [0.3, 0.4) is 0 Å². The van der Waals surface area contributed by atoms with Gasteiger partial charge in [-0.15, -0.1) is 0 Å². The molecule has 10 heteroatoms. The third-order valence-electron chi connectivity index (χ3n) is 3.64. The SMILES string of the molecule is CC(C)CC(NC(=O)O)C(=O)N1CCN(S(=O)(=O)N(C)C)CC1. The van der Waals surface area contributed by atoms with E-state index in [2.05, 4.69) is 5.32 Å². The van der Waals surface area contributed by atoms with E-state index in [0.29, 0.717) is 6.42 Å². The molecule has 9 nitrogen and oxygen atoms in total. The maximum absolute atomic E-state index is 12.5. The number of carbonyl (C=O) groups excluding carboxylic acids is 1. The quantitative estimate of drug-likeness (QED) is 0.678. The highest BCUT2D eigenvalue weighted by atomic mass is 32.2. The summed E-state index contributed by atoms with van der Waals surface area (Å²) in [6.45, 7) is 4.72. The largest absolute Gasteiger partial charge is 0.465 e. The average molecular weight is 350 g/mol. The molecule has 2 N–H and O–H groups in total. The summed E-state index contributed by atoms with van der Waals surface area (Å²) in [5, 5.41) is 11.1. The lowest BCUT2D eigenvalue weighted by atomic mass is 10.0. The Labute approximate surface area is 137 Å². The van der Waals surface area contributed by atoms with Crippen molar-refractivity contribution in [3.05, 3.63) is 0 Å². The van der Waals surface area contributed by atoms with Gasteiger partial charge in [0.1, 0.15) is 6.04 Å². The van der Waals surface area contributed by atoms with Crippen LogP contribution in [0.4, 0.5) is 4.79 Å². The van der Waals surface area contributed by atoms with E-state index in [1.807, 2.05) is 13.8 Å². The Morgan fingerprint density at radius 1 is 1.17 bits per heavy atom. The Morgan fingerprint density at radius 2 is 1.70 bits per heavy atom. The van der Waals surface area contributed by atoms with Crippen LogP contribution in [0.25, 0.3) is 0 Å². The highest BCUT2D eigenvalue weighted by Crippen LogP contribution is 2.13. The van der Waals surface area contributed by atoms with Gasteiger partial charge in [0.05, 0.1) is 0 Å². The van der Waals surface area contributed by atoms with Gasteiger partial charge < -0.3 is 15.3 Å². The van der Waals surface area contributed by atoms with Crippen LogP contribution in [0.2, 0.25) is 0 Å². The summed E-state index contributed by atoms with van der Waals surface area (Å²) >= 11 is 0.